The van der Waals surface area contributed by atoms with Crippen molar-refractivity contribution in [1.29, 1.82) is 0 Å². The van der Waals surface area contributed by atoms with Gasteiger partial charge in [-0.15, -0.1) is 0 Å². The predicted octanol–water partition coefficient (Wildman–Crippen LogP) is 3.49. The van der Waals surface area contributed by atoms with E-state index >= 15 is 0 Å². The van der Waals surface area contributed by atoms with Crippen LogP contribution in [0.25, 0.3) is 0 Å². The lowest BCUT2D eigenvalue weighted by atomic mass is 9.98. The molecule has 1 aromatic heterocycles. The first-order valence-corrected chi connectivity index (χ1v) is 8.33. The molecule has 6 nitrogen and oxygen atoms in total. The van der Waals surface area contributed by atoms with E-state index in [0.29, 0.717) is 11.4 Å². The average Bonchev–Trinajstić information content (AvgIpc) is 3.15. The number of benzene rings is 2. The molecule has 6 heteroatoms. The second kappa shape index (κ2) is 5.91. The summed E-state index contributed by atoms with van der Waals surface area (Å²) in [6, 6.07) is 12.6. The van der Waals surface area contributed by atoms with Crippen molar-refractivity contribution >= 4 is 11.6 Å². The Bertz CT molecular complexity index is 992. The van der Waals surface area contributed by atoms with Crippen LogP contribution in [0.1, 0.15) is 38.9 Å². The fourth-order valence-electron chi connectivity index (χ4n) is 3.45. The number of carbonyl (C=O) groups is 1. The van der Waals surface area contributed by atoms with Gasteiger partial charge in [-0.1, -0.05) is 23.8 Å². The SMILES string of the molecule is COc1cc([C@@H]2c3c(n[nH]c3C)C(=O)N2c2ccc(C)cc2)ccc1O. The van der Waals surface area contributed by atoms with Gasteiger partial charge in [-0.25, -0.2) is 0 Å². The number of aromatic amines is 1. The van der Waals surface area contributed by atoms with Gasteiger partial charge in [0, 0.05) is 16.9 Å². The van der Waals surface area contributed by atoms with Crippen molar-refractivity contribution in [3.63, 3.8) is 0 Å². The summed E-state index contributed by atoms with van der Waals surface area (Å²) in [6.45, 7) is 3.91. The number of aryl methyl sites for hydroxylation is 2. The van der Waals surface area contributed by atoms with Crippen LogP contribution in [0, 0.1) is 13.8 Å². The van der Waals surface area contributed by atoms with E-state index in [1.54, 1.807) is 23.1 Å². The number of hydrogen-bond donors (Lipinski definition) is 2. The minimum absolute atomic E-state index is 0.0617. The molecule has 4 rings (SSSR count). The summed E-state index contributed by atoms with van der Waals surface area (Å²) >= 11 is 0. The van der Waals surface area contributed by atoms with Crippen molar-refractivity contribution in [2.24, 2.45) is 0 Å². The third-order valence-electron chi connectivity index (χ3n) is 4.78. The molecule has 0 spiro atoms. The number of ether oxygens (including phenoxy) is 1. The van der Waals surface area contributed by atoms with Crippen LogP contribution in [0.2, 0.25) is 0 Å². The molecule has 26 heavy (non-hydrogen) atoms. The van der Waals surface area contributed by atoms with Gasteiger partial charge in [0.1, 0.15) is 0 Å². The summed E-state index contributed by atoms with van der Waals surface area (Å²) in [6.07, 6.45) is 0. The Morgan fingerprint density at radius 2 is 1.88 bits per heavy atom. The molecular weight excluding hydrogens is 330 g/mol. The number of amides is 1. The number of carbonyl (C=O) groups excluding carboxylic acids is 1. The number of aromatic hydroxyl groups is 1. The van der Waals surface area contributed by atoms with Gasteiger partial charge in [0.15, 0.2) is 17.2 Å². The summed E-state index contributed by atoms with van der Waals surface area (Å²) < 4.78 is 5.25. The lowest BCUT2D eigenvalue weighted by Crippen LogP contribution is -2.29. The minimum Gasteiger partial charge on any atom is -0.504 e. The maximum Gasteiger partial charge on any atom is 0.279 e. The van der Waals surface area contributed by atoms with Crippen LogP contribution in [0.15, 0.2) is 42.5 Å². The fraction of sp³-hybridized carbons (Fsp3) is 0.200. The normalized spacial score (nSPS) is 16.0. The number of anilines is 1. The molecule has 0 bridgehead atoms. The zero-order valence-electron chi connectivity index (χ0n) is 14.8. The third-order valence-corrected chi connectivity index (χ3v) is 4.78. The molecule has 0 aliphatic carbocycles. The molecule has 132 valence electrons. The maximum atomic E-state index is 13.1. The topological polar surface area (TPSA) is 78.5 Å². The van der Waals surface area contributed by atoms with Gasteiger partial charge in [0.05, 0.1) is 13.2 Å². The molecule has 0 fully saturated rings. The summed E-state index contributed by atoms with van der Waals surface area (Å²) in [4.78, 5) is 14.8. The number of H-pyrrole nitrogens is 1. The van der Waals surface area contributed by atoms with Crippen molar-refractivity contribution < 1.29 is 14.6 Å². The lowest BCUT2D eigenvalue weighted by Gasteiger charge is -2.26. The van der Waals surface area contributed by atoms with Gasteiger partial charge in [0.2, 0.25) is 0 Å². The molecule has 0 saturated carbocycles. The van der Waals surface area contributed by atoms with Crippen LogP contribution >= 0.6 is 0 Å². The highest BCUT2D eigenvalue weighted by Crippen LogP contribution is 2.43. The Kier molecular flexibility index (Phi) is 3.68. The minimum atomic E-state index is -0.339. The molecule has 1 atom stereocenters. The first-order valence-electron chi connectivity index (χ1n) is 8.33. The highest BCUT2D eigenvalue weighted by atomic mass is 16.5. The monoisotopic (exact) mass is 349 g/mol. The number of aromatic nitrogens is 2. The predicted molar refractivity (Wildman–Crippen MR) is 97.8 cm³/mol. The number of hydrogen-bond acceptors (Lipinski definition) is 4. The van der Waals surface area contributed by atoms with Gasteiger partial charge in [-0.05, 0) is 43.7 Å². The quantitative estimate of drug-likeness (QED) is 0.759. The van der Waals surface area contributed by atoms with E-state index in [0.717, 1.165) is 28.1 Å². The number of methoxy groups -OCH3 is 1. The Morgan fingerprint density at radius 1 is 1.15 bits per heavy atom. The summed E-state index contributed by atoms with van der Waals surface area (Å²) in [5.41, 5.74) is 4.90. The number of phenols is 1. The first-order chi connectivity index (χ1) is 12.5. The van der Waals surface area contributed by atoms with E-state index in [9.17, 15) is 9.90 Å². The van der Waals surface area contributed by atoms with E-state index in [1.807, 2.05) is 38.1 Å². The van der Waals surface area contributed by atoms with E-state index in [-0.39, 0.29) is 17.7 Å². The number of rotatable bonds is 3. The maximum absolute atomic E-state index is 13.1. The van der Waals surface area contributed by atoms with Crippen LogP contribution in [-0.4, -0.2) is 28.3 Å². The average molecular weight is 349 g/mol. The molecule has 3 aromatic rings. The van der Waals surface area contributed by atoms with Gasteiger partial charge < -0.3 is 9.84 Å². The summed E-state index contributed by atoms with van der Waals surface area (Å²) in [5.74, 6) is 0.283. The van der Waals surface area contributed by atoms with Crippen LogP contribution in [0.5, 0.6) is 11.5 Å². The molecule has 1 amide bonds. The van der Waals surface area contributed by atoms with E-state index in [2.05, 4.69) is 10.2 Å². The second-order valence-corrected chi connectivity index (χ2v) is 6.46. The summed E-state index contributed by atoms with van der Waals surface area (Å²) in [7, 11) is 1.50. The largest absolute Gasteiger partial charge is 0.504 e. The van der Waals surface area contributed by atoms with E-state index in [1.165, 1.54) is 7.11 Å². The van der Waals surface area contributed by atoms with Crippen molar-refractivity contribution in [2.45, 2.75) is 19.9 Å². The Morgan fingerprint density at radius 3 is 2.58 bits per heavy atom. The van der Waals surface area contributed by atoms with Crippen molar-refractivity contribution in [1.82, 2.24) is 10.2 Å². The van der Waals surface area contributed by atoms with Crippen molar-refractivity contribution in [2.75, 3.05) is 12.0 Å². The molecule has 0 saturated heterocycles. The van der Waals surface area contributed by atoms with E-state index in [4.69, 9.17) is 4.74 Å². The third kappa shape index (κ3) is 2.34. The molecule has 2 heterocycles. The Labute approximate surface area is 151 Å². The zero-order valence-corrected chi connectivity index (χ0v) is 14.8. The molecule has 2 aromatic carbocycles. The van der Waals surface area contributed by atoms with Gasteiger partial charge >= 0.3 is 0 Å². The van der Waals surface area contributed by atoms with Crippen molar-refractivity contribution in [3.8, 4) is 11.5 Å². The van der Waals surface area contributed by atoms with Gasteiger partial charge in [0.25, 0.3) is 5.91 Å². The highest BCUT2D eigenvalue weighted by molar-refractivity contribution is 6.10. The molecular formula is C20H19N3O3. The molecule has 1 aliphatic rings. The smallest absolute Gasteiger partial charge is 0.279 e. The zero-order chi connectivity index (χ0) is 18.4. The molecule has 0 unspecified atom stereocenters. The van der Waals surface area contributed by atoms with Gasteiger partial charge in [-0.2, -0.15) is 5.10 Å². The highest BCUT2D eigenvalue weighted by Gasteiger charge is 2.42. The number of nitrogens with one attached hydrogen (secondary N) is 1. The number of fused-ring (bicyclic) bond motifs is 1. The summed E-state index contributed by atoms with van der Waals surface area (Å²) in [5, 5.41) is 17.1. The van der Waals surface area contributed by atoms with Crippen molar-refractivity contribution in [3.05, 3.63) is 70.5 Å². The molecule has 1 aliphatic heterocycles. The van der Waals surface area contributed by atoms with E-state index < -0.39 is 0 Å². The van der Waals surface area contributed by atoms with Crippen LogP contribution < -0.4 is 9.64 Å². The Hall–Kier alpha value is -3.28. The van der Waals surface area contributed by atoms with Crippen LogP contribution in [-0.2, 0) is 0 Å². The van der Waals surface area contributed by atoms with Crippen LogP contribution in [0.3, 0.4) is 0 Å². The molecule has 0 radical (unpaired) electrons. The molecule has 2 N–H and O–H groups in total. The lowest BCUT2D eigenvalue weighted by molar-refractivity contribution is 0.0988. The standard InChI is InChI=1S/C20H19N3O3/c1-11-4-7-14(8-5-11)23-19(13-6-9-15(24)16(10-13)26-3)17-12(2)21-22-18(17)20(23)25/h4-10,19,24H,1-3H3,(H,21,22)/t19-/m1/s1. The second-order valence-electron chi connectivity index (χ2n) is 6.46. The number of nitrogens with zero attached hydrogens (tertiary/aromatic N) is 2. The Balaban J connectivity index is 1.91. The van der Waals surface area contributed by atoms with Gasteiger partial charge in [-0.3, -0.25) is 14.8 Å². The van der Waals surface area contributed by atoms with Crippen LogP contribution in [0.4, 0.5) is 5.69 Å². The first kappa shape index (κ1) is 16.2. The number of phenolic OH excluding ortho intramolecular Hbond substituents is 1. The fourth-order valence-corrected chi connectivity index (χ4v) is 3.45.